The van der Waals surface area contributed by atoms with Gasteiger partial charge in [0.1, 0.15) is 0 Å². The zero-order chi connectivity index (χ0) is 8.32. The Morgan fingerprint density at radius 1 is 1.64 bits per heavy atom. The lowest BCUT2D eigenvalue weighted by molar-refractivity contribution is 0.155. The monoisotopic (exact) mass is 178 g/mol. The van der Waals surface area contributed by atoms with Crippen LogP contribution in [-0.2, 0) is 14.9 Å². The first-order valence-corrected chi connectivity index (χ1v) is 4.90. The molecule has 0 fully saturated rings. The maximum Gasteiger partial charge on any atom is 0.268 e. The van der Waals surface area contributed by atoms with Gasteiger partial charge < -0.3 is 4.74 Å². The van der Waals surface area contributed by atoms with Crippen molar-refractivity contribution < 1.29 is 17.7 Å². The predicted octanol–water partition coefficient (Wildman–Crippen LogP) is 0.221. The highest BCUT2D eigenvalue weighted by Crippen LogP contribution is 2.09. The average molecular weight is 178 g/mol. The molecule has 1 aliphatic rings. The molecule has 0 bridgehead atoms. The molecule has 1 rings (SSSR count). The topological polar surface area (TPSA) is 63.6 Å². The van der Waals surface area contributed by atoms with Crippen LogP contribution in [0.25, 0.3) is 0 Å². The maximum absolute atomic E-state index is 10.4. The van der Waals surface area contributed by atoms with E-state index in [0.717, 1.165) is 5.57 Å². The van der Waals surface area contributed by atoms with Gasteiger partial charge in [-0.15, -0.1) is 0 Å². The van der Waals surface area contributed by atoms with Gasteiger partial charge in [-0.1, -0.05) is 11.6 Å². The van der Waals surface area contributed by atoms with E-state index >= 15 is 0 Å². The fourth-order valence-electron chi connectivity index (χ4n) is 0.931. The van der Waals surface area contributed by atoms with Crippen LogP contribution in [0.3, 0.4) is 0 Å². The van der Waals surface area contributed by atoms with E-state index in [-0.39, 0.29) is 5.75 Å². The van der Waals surface area contributed by atoms with Gasteiger partial charge in [-0.25, -0.2) is 0 Å². The highest BCUT2D eigenvalue weighted by atomic mass is 32.2. The molecule has 0 aliphatic carbocycles. The minimum atomic E-state index is -3.85. The summed E-state index contributed by atoms with van der Waals surface area (Å²) in [7, 11) is -3.85. The summed E-state index contributed by atoms with van der Waals surface area (Å²) in [4.78, 5) is 0. The molecule has 1 aliphatic heterocycles. The number of rotatable bonds is 2. The molecule has 0 radical (unpaired) electrons. The quantitative estimate of drug-likeness (QED) is 0.485. The third kappa shape index (κ3) is 3.50. The molecule has 11 heavy (non-hydrogen) atoms. The van der Waals surface area contributed by atoms with Gasteiger partial charge in [0.15, 0.2) is 0 Å². The van der Waals surface area contributed by atoms with Gasteiger partial charge in [0.25, 0.3) is 10.1 Å². The third-order valence-electron chi connectivity index (χ3n) is 1.43. The zero-order valence-electron chi connectivity index (χ0n) is 5.99. The molecule has 0 spiro atoms. The molecule has 0 aromatic carbocycles. The summed E-state index contributed by atoms with van der Waals surface area (Å²) in [6.07, 6.45) is 2.29. The van der Waals surface area contributed by atoms with Crippen molar-refractivity contribution in [2.24, 2.45) is 0 Å². The molecule has 0 unspecified atom stereocenters. The molecule has 0 saturated heterocycles. The molecule has 0 amide bonds. The smallest absolute Gasteiger partial charge is 0.268 e. The first-order valence-electron chi connectivity index (χ1n) is 3.29. The van der Waals surface area contributed by atoms with E-state index in [2.05, 4.69) is 0 Å². The molecule has 0 aromatic rings. The van der Waals surface area contributed by atoms with Crippen LogP contribution < -0.4 is 0 Å². The lowest BCUT2D eigenvalue weighted by Gasteiger charge is -2.11. The second-order valence-corrected chi connectivity index (χ2v) is 3.87. The Balaban J connectivity index is 2.55. The number of ether oxygens (including phenoxy) is 1. The van der Waals surface area contributed by atoms with Crippen molar-refractivity contribution in [2.45, 2.75) is 6.42 Å². The summed E-state index contributed by atoms with van der Waals surface area (Å²) >= 11 is 0. The second-order valence-electron chi connectivity index (χ2n) is 2.41. The maximum atomic E-state index is 10.4. The van der Waals surface area contributed by atoms with Crippen LogP contribution in [0, 0.1) is 0 Å². The summed E-state index contributed by atoms with van der Waals surface area (Å²) in [5.41, 5.74) is 0.735. The molecule has 1 N–H and O–H groups in total. The number of hydrogen-bond acceptors (Lipinski definition) is 3. The Kier molecular flexibility index (Phi) is 2.64. The van der Waals surface area contributed by atoms with Crippen LogP contribution in [0.2, 0.25) is 0 Å². The minimum Gasteiger partial charge on any atom is -0.377 e. The van der Waals surface area contributed by atoms with Crippen molar-refractivity contribution in [1.29, 1.82) is 0 Å². The van der Waals surface area contributed by atoms with Gasteiger partial charge in [-0.3, -0.25) is 4.55 Å². The van der Waals surface area contributed by atoms with Crippen molar-refractivity contribution in [3.05, 3.63) is 11.6 Å². The molecule has 0 atom stereocenters. The Morgan fingerprint density at radius 3 is 2.82 bits per heavy atom. The summed E-state index contributed by atoms with van der Waals surface area (Å²) in [6, 6.07) is 0. The molecule has 4 nitrogen and oxygen atoms in total. The molecule has 64 valence electrons. The predicted molar refractivity (Wildman–Crippen MR) is 39.9 cm³/mol. The van der Waals surface area contributed by atoms with Crippen molar-refractivity contribution in [2.75, 3.05) is 19.0 Å². The van der Waals surface area contributed by atoms with Crippen molar-refractivity contribution in [3.8, 4) is 0 Å². The Hall–Kier alpha value is -0.390. The van der Waals surface area contributed by atoms with E-state index in [0.29, 0.717) is 19.6 Å². The standard InChI is InChI=1S/C6H10O4S/c7-11(8,9)5-6-1-3-10-4-2-6/h1H,2-5H2,(H,7,8,9). The average Bonchev–Trinajstić information content (AvgIpc) is 1.85. The van der Waals surface area contributed by atoms with E-state index in [4.69, 9.17) is 9.29 Å². The fourth-order valence-corrected chi connectivity index (χ4v) is 1.66. The SMILES string of the molecule is O=S(=O)(O)CC1=CCOCC1. The van der Waals surface area contributed by atoms with E-state index in [1.54, 1.807) is 6.08 Å². The van der Waals surface area contributed by atoms with E-state index in [1.807, 2.05) is 0 Å². The van der Waals surface area contributed by atoms with E-state index in [1.165, 1.54) is 0 Å². The molecular formula is C6H10O4S. The normalized spacial score (nSPS) is 19.5. The van der Waals surface area contributed by atoms with Crippen LogP contribution in [0.15, 0.2) is 11.6 Å². The zero-order valence-corrected chi connectivity index (χ0v) is 6.80. The molecular weight excluding hydrogens is 168 g/mol. The van der Waals surface area contributed by atoms with E-state index < -0.39 is 10.1 Å². The van der Waals surface area contributed by atoms with Gasteiger partial charge in [0, 0.05) is 0 Å². The van der Waals surface area contributed by atoms with Crippen LogP contribution in [0.1, 0.15) is 6.42 Å². The highest BCUT2D eigenvalue weighted by Gasteiger charge is 2.11. The van der Waals surface area contributed by atoms with Crippen LogP contribution in [0.5, 0.6) is 0 Å². The van der Waals surface area contributed by atoms with Gasteiger partial charge in [-0.05, 0) is 6.42 Å². The minimum absolute atomic E-state index is 0.254. The summed E-state index contributed by atoms with van der Waals surface area (Å²) in [5.74, 6) is -0.254. The largest absolute Gasteiger partial charge is 0.377 e. The Labute approximate surface area is 65.6 Å². The lowest BCUT2D eigenvalue weighted by atomic mass is 10.2. The molecule has 0 aromatic heterocycles. The Morgan fingerprint density at radius 2 is 2.36 bits per heavy atom. The third-order valence-corrected chi connectivity index (χ3v) is 2.16. The van der Waals surface area contributed by atoms with Gasteiger partial charge in [0.2, 0.25) is 0 Å². The lowest BCUT2D eigenvalue weighted by Crippen LogP contribution is -2.12. The first-order chi connectivity index (χ1) is 5.08. The molecule has 5 heteroatoms. The van der Waals surface area contributed by atoms with Crippen LogP contribution >= 0.6 is 0 Å². The van der Waals surface area contributed by atoms with Gasteiger partial charge >= 0.3 is 0 Å². The number of hydrogen-bond donors (Lipinski definition) is 1. The van der Waals surface area contributed by atoms with Crippen LogP contribution in [0.4, 0.5) is 0 Å². The van der Waals surface area contributed by atoms with Crippen molar-refractivity contribution in [1.82, 2.24) is 0 Å². The summed E-state index contributed by atoms with van der Waals surface area (Å²) in [5, 5.41) is 0. The van der Waals surface area contributed by atoms with Crippen molar-refractivity contribution in [3.63, 3.8) is 0 Å². The fraction of sp³-hybridized carbons (Fsp3) is 0.667. The summed E-state index contributed by atoms with van der Waals surface area (Å²) < 4.78 is 34.2. The van der Waals surface area contributed by atoms with Crippen LogP contribution in [-0.4, -0.2) is 31.9 Å². The highest BCUT2D eigenvalue weighted by molar-refractivity contribution is 7.85. The van der Waals surface area contributed by atoms with Crippen molar-refractivity contribution >= 4 is 10.1 Å². The molecule has 0 saturated carbocycles. The second kappa shape index (κ2) is 3.34. The molecule has 1 heterocycles. The van der Waals surface area contributed by atoms with E-state index in [9.17, 15) is 8.42 Å². The Bertz CT molecular complexity index is 252. The van der Waals surface area contributed by atoms with Gasteiger partial charge in [0.05, 0.1) is 19.0 Å². The first kappa shape index (κ1) is 8.70. The van der Waals surface area contributed by atoms with Gasteiger partial charge in [-0.2, -0.15) is 8.42 Å². The summed E-state index contributed by atoms with van der Waals surface area (Å²) in [6.45, 7) is 0.992.